The molecule has 0 amide bonds. The largest absolute Gasteiger partial charge is 0.0823 e. The third-order valence-electron chi connectivity index (χ3n) is 4.32. The monoisotopic (exact) mass is 450 g/mol. The van der Waals surface area contributed by atoms with Crippen LogP contribution in [-0.4, -0.2) is 3.92 Å². The quantitative estimate of drug-likeness (QED) is 0.378. The van der Waals surface area contributed by atoms with Crippen molar-refractivity contribution in [3.8, 4) is 0 Å². The molecule has 90 valence electrons. The van der Waals surface area contributed by atoms with Gasteiger partial charge in [0.05, 0.1) is 0 Å². The maximum atomic E-state index is 2.61. The molecular weight excluding hydrogens is 434 g/mol. The highest BCUT2D eigenvalue weighted by molar-refractivity contribution is 14.1. The van der Waals surface area contributed by atoms with E-state index in [1.807, 2.05) is 0 Å². The van der Waals surface area contributed by atoms with Gasteiger partial charge in [-0.2, -0.15) is 0 Å². The average molecular weight is 450 g/mol. The number of halogens is 2. The zero-order valence-electron chi connectivity index (χ0n) is 10.1. The molecule has 1 aromatic carbocycles. The highest BCUT2D eigenvalue weighted by Crippen LogP contribution is 2.54. The summed E-state index contributed by atoms with van der Waals surface area (Å²) in [7, 11) is 0. The first kappa shape index (κ1) is 12.5. The van der Waals surface area contributed by atoms with Gasteiger partial charge in [-0.25, -0.2) is 0 Å². The summed E-state index contributed by atoms with van der Waals surface area (Å²) in [6, 6.07) is 6.96. The Morgan fingerprint density at radius 1 is 1.29 bits per heavy atom. The van der Waals surface area contributed by atoms with Crippen LogP contribution in [0.25, 0.3) is 5.57 Å². The zero-order valence-corrected chi connectivity index (χ0v) is 14.4. The minimum atomic E-state index is 0.312. The van der Waals surface area contributed by atoms with Crippen LogP contribution in [0.1, 0.15) is 37.8 Å². The lowest BCUT2D eigenvalue weighted by Gasteiger charge is -2.32. The molecule has 0 aromatic heterocycles. The highest BCUT2D eigenvalue weighted by Gasteiger charge is 2.44. The van der Waals surface area contributed by atoms with E-state index in [-0.39, 0.29) is 0 Å². The number of allylic oxidation sites excluding steroid dienone is 2. The van der Waals surface area contributed by atoms with E-state index in [0.717, 1.165) is 9.84 Å². The Labute approximate surface area is 131 Å². The molecule has 0 aliphatic heterocycles. The van der Waals surface area contributed by atoms with E-state index >= 15 is 0 Å². The SMILES string of the molecule is CC1(C)c2cc(I)ccc2C2=CCC(I)CC21. The summed E-state index contributed by atoms with van der Waals surface area (Å²) in [6.45, 7) is 4.84. The van der Waals surface area contributed by atoms with E-state index in [0.29, 0.717) is 5.41 Å². The van der Waals surface area contributed by atoms with Crippen molar-refractivity contribution in [2.24, 2.45) is 5.92 Å². The molecule has 0 fully saturated rings. The minimum absolute atomic E-state index is 0.312. The molecule has 2 aliphatic rings. The van der Waals surface area contributed by atoms with E-state index in [1.54, 1.807) is 11.1 Å². The molecule has 2 heteroatoms. The number of hydrogen-bond acceptors (Lipinski definition) is 0. The van der Waals surface area contributed by atoms with Gasteiger partial charge >= 0.3 is 0 Å². The molecule has 0 saturated carbocycles. The first-order valence-electron chi connectivity index (χ1n) is 6.14. The molecule has 2 atom stereocenters. The van der Waals surface area contributed by atoms with Gasteiger partial charge in [-0.15, -0.1) is 0 Å². The van der Waals surface area contributed by atoms with E-state index < -0.39 is 0 Å². The molecule has 0 spiro atoms. The Kier molecular flexibility index (Phi) is 3.09. The van der Waals surface area contributed by atoms with Crippen LogP contribution in [0.3, 0.4) is 0 Å². The van der Waals surface area contributed by atoms with E-state index in [4.69, 9.17) is 0 Å². The molecule has 1 aromatic rings. The van der Waals surface area contributed by atoms with Crippen LogP contribution in [-0.2, 0) is 5.41 Å². The van der Waals surface area contributed by atoms with Crippen molar-refractivity contribution in [1.29, 1.82) is 0 Å². The standard InChI is InChI=1S/C15H16I2/c1-15(2)13-7-9(16)3-5-11(13)12-6-4-10(17)8-14(12)15/h3,5-7,10,14H,4,8H2,1-2H3. The zero-order chi connectivity index (χ0) is 12.2. The maximum absolute atomic E-state index is 2.61. The number of hydrogen-bond donors (Lipinski definition) is 0. The van der Waals surface area contributed by atoms with Gasteiger partial charge in [-0.1, -0.05) is 48.6 Å². The lowest BCUT2D eigenvalue weighted by atomic mass is 9.73. The third-order valence-corrected chi connectivity index (χ3v) is 6.01. The Balaban J connectivity index is 2.19. The fourth-order valence-corrected chi connectivity index (χ4v) is 4.60. The van der Waals surface area contributed by atoms with Crippen molar-refractivity contribution in [2.45, 2.75) is 36.0 Å². The fourth-order valence-electron chi connectivity index (χ4n) is 3.35. The van der Waals surface area contributed by atoms with Gasteiger partial charge in [0, 0.05) is 7.49 Å². The summed E-state index contributed by atoms with van der Waals surface area (Å²) in [5.41, 5.74) is 5.01. The second-order valence-corrected chi connectivity index (χ2v) is 8.70. The van der Waals surface area contributed by atoms with Gasteiger partial charge in [0.15, 0.2) is 0 Å². The molecule has 0 radical (unpaired) electrons. The van der Waals surface area contributed by atoms with Crippen LogP contribution < -0.4 is 0 Å². The number of alkyl halides is 1. The molecule has 0 N–H and O–H groups in total. The normalized spacial score (nSPS) is 29.5. The van der Waals surface area contributed by atoms with Gasteiger partial charge < -0.3 is 0 Å². The Morgan fingerprint density at radius 2 is 2.06 bits per heavy atom. The first-order valence-corrected chi connectivity index (χ1v) is 8.47. The lowest BCUT2D eigenvalue weighted by Crippen LogP contribution is -2.27. The van der Waals surface area contributed by atoms with Crippen molar-refractivity contribution < 1.29 is 0 Å². The summed E-state index contributed by atoms with van der Waals surface area (Å²) in [5, 5.41) is 0. The Hall–Kier alpha value is 0.420. The minimum Gasteiger partial charge on any atom is -0.0823 e. The molecule has 17 heavy (non-hydrogen) atoms. The average Bonchev–Trinajstić information content (AvgIpc) is 2.49. The smallest absolute Gasteiger partial charge is 0.0150 e. The fraction of sp³-hybridized carbons (Fsp3) is 0.467. The van der Waals surface area contributed by atoms with Crippen LogP contribution in [0.4, 0.5) is 0 Å². The lowest BCUT2D eigenvalue weighted by molar-refractivity contribution is 0.383. The third kappa shape index (κ3) is 1.90. The van der Waals surface area contributed by atoms with Crippen molar-refractivity contribution in [3.63, 3.8) is 0 Å². The summed E-state index contributed by atoms with van der Waals surface area (Å²) < 4.78 is 2.17. The van der Waals surface area contributed by atoms with Crippen molar-refractivity contribution in [1.82, 2.24) is 0 Å². The van der Waals surface area contributed by atoms with Crippen LogP contribution in [0.15, 0.2) is 24.3 Å². The van der Waals surface area contributed by atoms with Crippen LogP contribution >= 0.6 is 45.2 Å². The van der Waals surface area contributed by atoms with Gasteiger partial charge in [0.2, 0.25) is 0 Å². The van der Waals surface area contributed by atoms with Gasteiger partial charge in [-0.05, 0) is 75.6 Å². The van der Waals surface area contributed by atoms with E-state index in [9.17, 15) is 0 Å². The second kappa shape index (κ2) is 4.22. The second-order valence-electron chi connectivity index (χ2n) is 5.69. The number of fused-ring (bicyclic) bond motifs is 3. The maximum Gasteiger partial charge on any atom is 0.0150 e. The molecular formula is C15H16I2. The van der Waals surface area contributed by atoms with Crippen LogP contribution in [0.5, 0.6) is 0 Å². The van der Waals surface area contributed by atoms with Crippen molar-refractivity contribution in [2.75, 3.05) is 0 Å². The van der Waals surface area contributed by atoms with Gasteiger partial charge in [0.1, 0.15) is 0 Å². The van der Waals surface area contributed by atoms with Gasteiger partial charge in [-0.3, -0.25) is 0 Å². The number of rotatable bonds is 0. The molecule has 0 nitrogen and oxygen atoms in total. The number of benzene rings is 1. The molecule has 3 rings (SSSR count). The van der Waals surface area contributed by atoms with E-state index in [2.05, 4.69) is 83.3 Å². The topological polar surface area (TPSA) is 0 Å². The van der Waals surface area contributed by atoms with Crippen molar-refractivity contribution in [3.05, 3.63) is 39.0 Å². The predicted molar refractivity (Wildman–Crippen MR) is 90.7 cm³/mol. The van der Waals surface area contributed by atoms with Crippen LogP contribution in [0, 0.1) is 9.49 Å². The molecule has 2 unspecified atom stereocenters. The summed E-state index contributed by atoms with van der Waals surface area (Å²) in [4.78, 5) is 0. The molecule has 2 aliphatic carbocycles. The molecule has 0 bridgehead atoms. The summed E-state index contributed by atoms with van der Waals surface area (Å²) in [6.07, 6.45) is 5.07. The molecule has 0 saturated heterocycles. The highest BCUT2D eigenvalue weighted by atomic mass is 127. The Bertz CT molecular complexity index is 500. The van der Waals surface area contributed by atoms with Crippen molar-refractivity contribution >= 4 is 50.8 Å². The summed E-state index contributed by atoms with van der Waals surface area (Å²) in [5.74, 6) is 0.728. The Morgan fingerprint density at radius 3 is 2.82 bits per heavy atom. The predicted octanol–water partition coefficient (Wildman–Crippen LogP) is 5.18. The van der Waals surface area contributed by atoms with E-state index in [1.165, 1.54) is 22.0 Å². The van der Waals surface area contributed by atoms with Crippen LogP contribution in [0.2, 0.25) is 0 Å². The first-order chi connectivity index (χ1) is 8.00. The summed E-state index contributed by atoms with van der Waals surface area (Å²) >= 11 is 5.04. The molecule has 0 heterocycles. The van der Waals surface area contributed by atoms with Gasteiger partial charge in [0.25, 0.3) is 0 Å².